The standard InChI is InChI=1S/C20H19F3OS/c1-3-5-13-6-8-14(9-7-13)17-12-15-10-11-16(24-4-2)18(19(15)25-17)20(21,22)23/h6-12H,3-5H2,1-2H3. The molecule has 0 spiro atoms. The molecule has 1 aromatic heterocycles. The van der Waals surface area contributed by atoms with E-state index < -0.39 is 11.7 Å². The van der Waals surface area contributed by atoms with Crippen molar-refractivity contribution in [1.82, 2.24) is 0 Å². The lowest BCUT2D eigenvalue weighted by Crippen LogP contribution is -2.08. The van der Waals surface area contributed by atoms with Crippen molar-refractivity contribution >= 4 is 21.4 Å². The Morgan fingerprint density at radius 3 is 2.32 bits per heavy atom. The number of halogens is 3. The van der Waals surface area contributed by atoms with E-state index in [2.05, 4.69) is 6.92 Å². The summed E-state index contributed by atoms with van der Waals surface area (Å²) in [6.45, 7) is 4.00. The number of hydrogen-bond acceptors (Lipinski definition) is 2. The topological polar surface area (TPSA) is 9.23 Å². The zero-order valence-electron chi connectivity index (χ0n) is 14.1. The molecular weight excluding hydrogens is 345 g/mol. The summed E-state index contributed by atoms with van der Waals surface area (Å²) in [7, 11) is 0. The maximum Gasteiger partial charge on any atom is 0.421 e. The SMILES string of the molecule is CCCc1ccc(-c2cc3ccc(OCC)c(C(F)(F)F)c3s2)cc1. The third-order valence-electron chi connectivity index (χ3n) is 4.01. The van der Waals surface area contributed by atoms with Gasteiger partial charge in [0.2, 0.25) is 0 Å². The Morgan fingerprint density at radius 2 is 1.72 bits per heavy atom. The molecule has 0 bridgehead atoms. The van der Waals surface area contributed by atoms with Crippen LogP contribution in [0.3, 0.4) is 0 Å². The van der Waals surface area contributed by atoms with Gasteiger partial charge in [0, 0.05) is 4.88 Å². The largest absolute Gasteiger partial charge is 0.493 e. The highest BCUT2D eigenvalue weighted by Crippen LogP contribution is 2.46. The summed E-state index contributed by atoms with van der Waals surface area (Å²) in [4.78, 5) is 0.831. The lowest BCUT2D eigenvalue weighted by Gasteiger charge is -2.13. The summed E-state index contributed by atoms with van der Waals surface area (Å²) in [5.41, 5.74) is 1.50. The van der Waals surface area contributed by atoms with Gasteiger partial charge in [-0.1, -0.05) is 37.6 Å². The second-order valence-electron chi connectivity index (χ2n) is 5.85. The van der Waals surface area contributed by atoms with Gasteiger partial charge < -0.3 is 4.74 Å². The van der Waals surface area contributed by atoms with Gasteiger partial charge in [-0.2, -0.15) is 13.2 Å². The first kappa shape index (κ1) is 17.8. The molecule has 1 nitrogen and oxygen atoms in total. The Balaban J connectivity index is 2.10. The smallest absolute Gasteiger partial charge is 0.421 e. The van der Waals surface area contributed by atoms with Crippen LogP contribution < -0.4 is 4.74 Å². The molecule has 25 heavy (non-hydrogen) atoms. The first-order valence-corrected chi connectivity index (χ1v) is 9.11. The molecule has 0 aliphatic carbocycles. The van der Waals surface area contributed by atoms with Crippen LogP contribution in [0.5, 0.6) is 5.75 Å². The van der Waals surface area contributed by atoms with Crippen molar-refractivity contribution in [3.63, 3.8) is 0 Å². The van der Waals surface area contributed by atoms with E-state index in [0.717, 1.165) is 34.6 Å². The van der Waals surface area contributed by atoms with Crippen LogP contribution in [-0.2, 0) is 12.6 Å². The van der Waals surface area contributed by atoms with Gasteiger partial charge in [-0.25, -0.2) is 0 Å². The van der Waals surface area contributed by atoms with Gasteiger partial charge >= 0.3 is 6.18 Å². The maximum atomic E-state index is 13.6. The normalized spacial score (nSPS) is 11.9. The number of hydrogen-bond donors (Lipinski definition) is 0. The molecule has 0 aliphatic heterocycles. The highest BCUT2D eigenvalue weighted by atomic mass is 32.1. The summed E-state index contributed by atoms with van der Waals surface area (Å²) in [6.07, 6.45) is -2.38. The van der Waals surface area contributed by atoms with Gasteiger partial charge in [0.1, 0.15) is 11.3 Å². The lowest BCUT2D eigenvalue weighted by atomic mass is 10.1. The van der Waals surface area contributed by atoms with E-state index in [0.29, 0.717) is 5.39 Å². The molecule has 0 amide bonds. The summed E-state index contributed by atoms with van der Waals surface area (Å²) in [6, 6.07) is 13.0. The maximum absolute atomic E-state index is 13.6. The van der Waals surface area contributed by atoms with Gasteiger partial charge in [0.25, 0.3) is 0 Å². The lowest BCUT2D eigenvalue weighted by molar-refractivity contribution is -0.137. The van der Waals surface area contributed by atoms with Gasteiger partial charge in [-0.05, 0) is 48.1 Å². The summed E-state index contributed by atoms with van der Waals surface area (Å²) < 4.78 is 46.2. The molecular formula is C20H19F3OS. The van der Waals surface area contributed by atoms with Crippen molar-refractivity contribution in [3.8, 4) is 16.2 Å². The van der Waals surface area contributed by atoms with Crippen molar-refractivity contribution in [2.24, 2.45) is 0 Å². The number of fused-ring (bicyclic) bond motifs is 1. The van der Waals surface area contributed by atoms with Gasteiger partial charge in [-0.15, -0.1) is 11.3 Å². The van der Waals surface area contributed by atoms with E-state index in [4.69, 9.17) is 4.74 Å². The third-order valence-corrected chi connectivity index (χ3v) is 5.23. The fraction of sp³-hybridized carbons (Fsp3) is 0.300. The minimum atomic E-state index is -4.45. The molecule has 5 heteroatoms. The molecule has 0 atom stereocenters. The minimum Gasteiger partial charge on any atom is -0.493 e. The molecule has 0 radical (unpaired) electrons. The van der Waals surface area contributed by atoms with E-state index in [1.54, 1.807) is 13.0 Å². The summed E-state index contributed by atoms with van der Waals surface area (Å²) >= 11 is 1.16. The molecule has 0 saturated heterocycles. The van der Waals surface area contributed by atoms with Gasteiger partial charge in [-0.3, -0.25) is 0 Å². The van der Waals surface area contributed by atoms with Gasteiger partial charge in [0.15, 0.2) is 0 Å². The molecule has 3 aromatic rings. The van der Waals surface area contributed by atoms with Gasteiger partial charge in [0.05, 0.1) is 11.3 Å². The Morgan fingerprint density at radius 1 is 1.00 bits per heavy atom. The molecule has 0 unspecified atom stereocenters. The van der Waals surface area contributed by atoms with Crippen LogP contribution in [0.1, 0.15) is 31.4 Å². The number of rotatable bonds is 5. The summed E-state index contributed by atoms with van der Waals surface area (Å²) in [5.74, 6) is -0.103. The second kappa shape index (κ2) is 7.08. The second-order valence-corrected chi connectivity index (χ2v) is 6.90. The number of ether oxygens (including phenoxy) is 1. The zero-order chi connectivity index (χ0) is 18.0. The molecule has 132 valence electrons. The van der Waals surface area contributed by atoms with Crippen LogP contribution in [0.4, 0.5) is 13.2 Å². The monoisotopic (exact) mass is 364 g/mol. The van der Waals surface area contributed by atoms with E-state index >= 15 is 0 Å². The van der Waals surface area contributed by atoms with Crippen molar-refractivity contribution in [2.75, 3.05) is 6.61 Å². The van der Waals surface area contributed by atoms with Crippen LogP contribution >= 0.6 is 11.3 Å². The molecule has 0 saturated carbocycles. The van der Waals surface area contributed by atoms with Crippen LogP contribution in [0.15, 0.2) is 42.5 Å². The Bertz CT molecular complexity index is 863. The highest BCUT2D eigenvalue weighted by Gasteiger charge is 2.37. The number of thiophene rings is 1. The first-order valence-electron chi connectivity index (χ1n) is 8.30. The molecule has 3 rings (SSSR count). The quantitative estimate of drug-likeness (QED) is 0.476. The van der Waals surface area contributed by atoms with Crippen LogP contribution in [0.25, 0.3) is 20.5 Å². The number of alkyl halides is 3. The van der Waals surface area contributed by atoms with E-state index in [1.165, 1.54) is 11.6 Å². The number of benzene rings is 2. The first-order chi connectivity index (χ1) is 11.9. The molecule has 0 N–H and O–H groups in total. The van der Waals surface area contributed by atoms with Crippen molar-refractivity contribution in [2.45, 2.75) is 32.9 Å². The highest BCUT2D eigenvalue weighted by molar-refractivity contribution is 7.22. The Labute approximate surface area is 149 Å². The van der Waals surface area contributed by atoms with E-state index in [9.17, 15) is 13.2 Å². The zero-order valence-corrected chi connectivity index (χ0v) is 14.9. The fourth-order valence-electron chi connectivity index (χ4n) is 2.90. The molecule has 0 fully saturated rings. The van der Waals surface area contributed by atoms with Crippen LogP contribution in [0.2, 0.25) is 0 Å². The Hall–Kier alpha value is -2.01. The molecule has 1 heterocycles. The van der Waals surface area contributed by atoms with E-state index in [-0.39, 0.29) is 17.1 Å². The predicted molar refractivity (Wildman–Crippen MR) is 97.4 cm³/mol. The van der Waals surface area contributed by atoms with Crippen molar-refractivity contribution < 1.29 is 17.9 Å². The van der Waals surface area contributed by atoms with Crippen LogP contribution in [-0.4, -0.2) is 6.61 Å². The molecule has 2 aromatic carbocycles. The fourth-order valence-corrected chi connectivity index (χ4v) is 4.12. The van der Waals surface area contributed by atoms with E-state index in [1.807, 2.05) is 30.3 Å². The minimum absolute atomic E-state index is 0.103. The van der Waals surface area contributed by atoms with Crippen molar-refractivity contribution in [3.05, 3.63) is 53.6 Å². The average Bonchev–Trinajstić information content (AvgIpc) is 2.98. The Kier molecular flexibility index (Phi) is 5.04. The van der Waals surface area contributed by atoms with Crippen LogP contribution in [0, 0.1) is 0 Å². The third kappa shape index (κ3) is 3.66. The average molecular weight is 364 g/mol. The predicted octanol–water partition coefficient (Wildman–Crippen LogP) is 6.94. The molecule has 0 aliphatic rings. The number of aryl methyl sites for hydroxylation is 1. The summed E-state index contributed by atoms with van der Waals surface area (Å²) in [5, 5.41) is 0.591. The van der Waals surface area contributed by atoms with Crippen molar-refractivity contribution in [1.29, 1.82) is 0 Å².